The molecule has 0 radical (unpaired) electrons. The van der Waals surface area contributed by atoms with Gasteiger partial charge in [-0.1, -0.05) is 12.1 Å². The van der Waals surface area contributed by atoms with Gasteiger partial charge in [0.15, 0.2) is 0 Å². The zero-order chi connectivity index (χ0) is 18.0. The predicted molar refractivity (Wildman–Crippen MR) is 96.4 cm³/mol. The van der Waals surface area contributed by atoms with Crippen molar-refractivity contribution in [1.82, 2.24) is 15.2 Å². The summed E-state index contributed by atoms with van der Waals surface area (Å²) in [6.45, 7) is 2.16. The van der Waals surface area contributed by atoms with Gasteiger partial charge in [-0.15, -0.1) is 0 Å². The summed E-state index contributed by atoms with van der Waals surface area (Å²) in [5, 5.41) is 2.99. The van der Waals surface area contributed by atoms with Crippen LogP contribution in [-0.2, 0) is 9.59 Å². The highest BCUT2D eigenvalue weighted by Crippen LogP contribution is 2.42. The van der Waals surface area contributed by atoms with Crippen LogP contribution < -0.4 is 10.1 Å². The lowest BCUT2D eigenvalue weighted by Crippen LogP contribution is -2.41. The highest BCUT2D eigenvalue weighted by molar-refractivity contribution is 5.95. The molecule has 2 amide bonds. The molecular weight excluding hydrogens is 330 g/mol. The van der Waals surface area contributed by atoms with Gasteiger partial charge < -0.3 is 15.0 Å². The Morgan fingerprint density at radius 1 is 1.38 bits per heavy atom. The molecule has 2 fully saturated rings. The summed E-state index contributed by atoms with van der Waals surface area (Å²) < 4.78 is 5.82. The molecule has 6 nitrogen and oxygen atoms in total. The van der Waals surface area contributed by atoms with Gasteiger partial charge >= 0.3 is 0 Å². The van der Waals surface area contributed by atoms with Gasteiger partial charge in [-0.05, 0) is 38.2 Å². The van der Waals surface area contributed by atoms with Gasteiger partial charge in [-0.2, -0.15) is 0 Å². The average molecular weight is 355 g/mol. The van der Waals surface area contributed by atoms with E-state index in [0.717, 1.165) is 31.3 Å². The normalized spacial score (nSPS) is 28.2. The van der Waals surface area contributed by atoms with Crippen molar-refractivity contribution in [3.63, 3.8) is 0 Å². The third kappa shape index (κ3) is 3.08. The smallest absolute Gasteiger partial charge is 0.249 e. The summed E-state index contributed by atoms with van der Waals surface area (Å²) in [7, 11) is 0. The average Bonchev–Trinajstić information content (AvgIpc) is 3.27. The van der Waals surface area contributed by atoms with Crippen molar-refractivity contribution in [2.24, 2.45) is 11.3 Å². The zero-order valence-corrected chi connectivity index (χ0v) is 14.9. The van der Waals surface area contributed by atoms with E-state index in [0.29, 0.717) is 38.5 Å². The molecule has 1 aromatic rings. The first-order valence-corrected chi connectivity index (χ1v) is 9.49. The number of hydrogen-bond donors (Lipinski definition) is 1. The number of aromatic nitrogens is 1. The second-order valence-corrected chi connectivity index (χ2v) is 7.49. The Labute approximate surface area is 153 Å². The maximum atomic E-state index is 12.8. The zero-order valence-electron chi connectivity index (χ0n) is 14.9. The predicted octanol–water partition coefficient (Wildman–Crippen LogP) is 1.93. The minimum absolute atomic E-state index is 0.0511. The molecule has 138 valence electrons. The lowest BCUT2D eigenvalue weighted by Gasteiger charge is -2.28. The Bertz CT molecular complexity index is 718. The van der Waals surface area contributed by atoms with Crippen LogP contribution in [0.3, 0.4) is 0 Å². The first kappa shape index (κ1) is 17.1. The maximum absolute atomic E-state index is 12.8. The van der Waals surface area contributed by atoms with E-state index in [1.165, 1.54) is 0 Å². The molecule has 0 bridgehead atoms. The molecule has 6 heteroatoms. The van der Waals surface area contributed by atoms with Gasteiger partial charge in [0.25, 0.3) is 0 Å². The van der Waals surface area contributed by atoms with Crippen molar-refractivity contribution >= 4 is 11.8 Å². The van der Waals surface area contributed by atoms with Gasteiger partial charge in [0.2, 0.25) is 17.7 Å². The van der Waals surface area contributed by atoms with Gasteiger partial charge in [0.1, 0.15) is 0 Å². The number of amides is 2. The van der Waals surface area contributed by atoms with E-state index in [1.807, 2.05) is 23.1 Å². The second kappa shape index (κ2) is 7.09. The summed E-state index contributed by atoms with van der Waals surface area (Å²) in [6.07, 6.45) is 8.56. The molecule has 4 rings (SSSR count). The van der Waals surface area contributed by atoms with Crippen LogP contribution in [-0.4, -0.2) is 47.9 Å². The van der Waals surface area contributed by atoms with E-state index in [1.54, 1.807) is 6.20 Å². The summed E-state index contributed by atoms with van der Waals surface area (Å²) in [5.41, 5.74) is 0.396. The third-order valence-electron chi connectivity index (χ3n) is 5.97. The molecule has 2 saturated heterocycles. The molecule has 0 unspecified atom stereocenters. The number of carbonyl (C=O) groups excluding carboxylic acids is 2. The largest absolute Gasteiger partial charge is 0.477 e. The van der Waals surface area contributed by atoms with Gasteiger partial charge in [-0.25, -0.2) is 4.98 Å². The molecule has 1 aromatic heterocycles. The number of carbonyl (C=O) groups is 2. The summed E-state index contributed by atoms with van der Waals surface area (Å²) in [6, 6.07) is 5.54. The van der Waals surface area contributed by atoms with Gasteiger partial charge in [0.05, 0.1) is 12.0 Å². The minimum atomic E-state index is -0.528. The lowest BCUT2D eigenvalue weighted by molar-refractivity contribution is -0.130. The molecule has 0 saturated carbocycles. The number of nitrogens with zero attached hydrogens (tertiary/aromatic N) is 2. The Balaban J connectivity index is 1.44. The van der Waals surface area contributed by atoms with Gasteiger partial charge in [-0.3, -0.25) is 9.59 Å². The van der Waals surface area contributed by atoms with E-state index in [-0.39, 0.29) is 17.7 Å². The van der Waals surface area contributed by atoms with Crippen molar-refractivity contribution in [3.8, 4) is 5.88 Å². The second-order valence-electron chi connectivity index (χ2n) is 7.49. The third-order valence-corrected chi connectivity index (χ3v) is 5.97. The standard InChI is InChI=1S/C20H25N3O3/c24-18(15-6-2-1-3-7-15)23-11-9-20(14-23)16(12-22-19(20)25)13-26-17-8-4-5-10-21-17/h4-6,8,10,16H,1-3,7,9,11-14H2,(H,22,25)/t16-,20-/m1/s1. The van der Waals surface area contributed by atoms with Crippen LogP contribution in [0.5, 0.6) is 5.88 Å². The first-order chi connectivity index (χ1) is 12.7. The van der Waals surface area contributed by atoms with Crippen LogP contribution in [0.15, 0.2) is 36.0 Å². The summed E-state index contributed by atoms with van der Waals surface area (Å²) in [4.78, 5) is 31.5. The number of rotatable bonds is 4. The molecule has 1 spiro atoms. The number of pyridine rings is 1. The van der Waals surface area contributed by atoms with Crippen molar-refractivity contribution in [2.45, 2.75) is 32.1 Å². The number of ether oxygens (including phenoxy) is 1. The summed E-state index contributed by atoms with van der Waals surface area (Å²) in [5.74, 6) is 0.793. The number of nitrogens with one attached hydrogen (secondary N) is 1. The van der Waals surface area contributed by atoms with Crippen molar-refractivity contribution < 1.29 is 14.3 Å². The van der Waals surface area contributed by atoms with Crippen LogP contribution in [0.1, 0.15) is 32.1 Å². The maximum Gasteiger partial charge on any atom is 0.249 e. The molecule has 2 atom stereocenters. The molecule has 3 aliphatic rings. The monoisotopic (exact) mass is 355 g/mol. The van der Waals surface area contributed by atoms with E-state index < -0.39 is 5.41 Å². The van der Waals surface area contributed by atoms with E-state index in [9.17, 15) is 9.59 Å². The van der Waals surface area contributed by atoms with Gasteiger partial charge in [0, 0.05) is 43.4 Å². The SMILES string of the molecule is O=C(C1=CCCCC1)N1CC[C@]2(C1)C(=O)NC[C@@H]2COc1ccccn1. The topological polar surface area (TPSA) is 71.5 Å². The molecule has 0 aromatic carbocycles. The van der Waals surface area contributed by atoms with E-state index in [2.05, 4.69) is 16.4 Å². The molecule has 2 aliphatic heterocycles. The molecule has 1 aliphatic carbocycles. The summed E-state index contributed by atoms with van der Waals surface area (Å²) >= 11 is 0. The highest BCUT2D eigenvalue weighted by Gasteiger charge is 2.55. The van der Waals surface area contributed by atoms with Crippen LogP contribution in [0, 0.1) is 11.3 Å². The Hall–Kier alpha value is -2.37. The quantitative estimate of drug-likeness (QED) is 0.896. The number of hydrogen-bond acceptors (Lipinski definition) is 4. The minimum Gasteiger partial charge on any atom is -0.477 e. The van der Waals surface area contributed by atoms with Crippen LogP contribution in [0.4, 0.5) is 0 Å². The fourth-order valence-corrected chi connectivity index (χ4v) is 4.37. The van der Waals surface area contributed by atoms with Crippen molar-refractivity contribution in [1.29, 1.82) is 0 Å². The van der Waals surface area contributed by atoms with Crippen LogP contribution in [0.2, 0.25) is 0 Å². The van der Waals surface area contributed by atoms with E-state index in [4.69, 9.17) is 4.74 Å². The first-order valence-electron chi connectivity index (χ1n) is 9.49. The Morgan fingerprint density at radius 3 is 3.08 bits per heavy atom. The van der Waals surface area contributed by atoms with Crippen LogP contribution >= 0.6 is 0 Å². The highest BCUT2D eigenvalue weighted by atomic mass is 16.5. The molecule has 1 N–H and O–H groups in total. The van der Waals surface area contributed by atoms with Crippen LogP contribution in [0.25, 0.3) is 0 Å². The molecule has 26 heavy (non-hydrogen) atoms. The van der Waals surface area contributed by atoms with E-state index >= 15 is 0 Å². The van der Waals surface area contributed by atoms with Crippen molar-refractivity contribution in [3.05, 3.63) is 36.0 Å². The number of likely N-dealkylation sites (tertiary alicyclic amines) is 1. The molecule has 3 heterocycles. The molecular formula is C20H25N3O3. The number of allylic oxidation sites excluding steroid dienone is 1. The Kier molecular flexibility index (Phi) is 4.66. The fourth-order valence-electron chi connectivity index (χ4n) is 4.37. The Morgan fingerprint density at radius 2 is 2.31 bits per heavy atom. The van der Waals surface area contributed by atoms with Crippen molar-refractivity contribution in [2.75, 3.05) is 26.2 Å². The fraction of sp³-hybridized carbons (Fsp3) is 0.550. The lowest BCUT2D eigenvalue weighted by atomic mass is 9.77.